The van der Waals surface area contributed by atoms with Crippen LogP contribution in [0.25, 0.3) is 5.65 Å². The summed E-state index contributed by atoms with van der Waals surface area (Å²) < 4.78 is 27.5. The van der Waals surface area contributed by atoms with Crippen LogP contribution in [0.4, 0.5) is 8.78 Å². The van der Waals surface area contributed by atoms with Crippen molar-refractivity contribution in [3.05, 3.63) is 58.3 Å². The van der Waals surface area contributed by atoms with E-state index in [2.05, 4.69) is 15.2 Å². The summed E-state index contributed by atoms with van der Waals surface area (Å²) in [6, 6.07) is 5.10. The molecular weight excluding hydrogens is 382 g/mol. The Bertz CT molecular complexity index is 1080. The number of aromatic nitrogens is 4. The van der Waals surface area contributed by atoms with E-state index in [9.17, 15) is 23.8 Å². The number of fused-ring (bicyclic) bond motifs is 1. The average molecular weight is 404 g/mol. The van der Waals surface area contributed by atoms with Crippen molar-refractivity contribution in [2.45, 2.75) is 46.6 Å². The summed E-state index contributed by atoms with van der Waals surface area (Å²) >= 11 is 0. The number of nitrogens with zero attached hydrogens (tertiary/aromatic N) is 4. The molecule has 7 nitrogen and oxygen atoms in total. The highest BCUT2D eigenvalue weighted by Crippen LogP contribution is 2.42. The normalized spacial score (nSPS) is 13.2. The third-order valence-electron chi connectivity index (χ3n) is 5.34. The smallest absolute Gasteiger partial charge is 0.310 e. The lowest BCUT2D eigenvalue weighted by Gasteiger charge is -2.32. The van der Waals surface area contributed by atoms with Gasteiger partial charge in [0.2, 0.25) is 5.82 Å². The first-order valence-corrected chi connectivity index (χ1v) is 9.02. The third kappa shape index (κ3) is 3.46. The van der Waals surface area contributed by atoms with Gasteiger partial charge in [-0.3, -0.25) is 14.2 Å². The molecule has 0 aromatic carbocycles. The number of aryl methyl sites for hydroxylation is 2. The molecule has 29 heavy (non-hydrogen) atoms. The largest absolute Gasteiger partial charge is 0.481 e. The van der Waals surface area contributed by atoms with Crippen LogP contribution in [0.3, 0.4) is 0 Å². The Kier molecular flexibility index (Phi) is 5.36. The lowest BCUT2D eigenvalue weighted by molar-refractivity contribution is -0.147. The minimum atomic E-state index is -2.78. The Hall–Kier alpha value is -2.94. The van der Waals surface area contributed by atoms with Crippen molar-refractivity contribution in [3.8, 4) is 0 Å². The maximum atomic E-state index is 13.2. The van der Waals surface area contributed by atoms with Gasteiger partial charge in [-0.2, -0.15) is 0 Å². The van der Waals surface area contributed by atoms with Crippen LogP contribution < -0.4 is 0 Å². The highest BCUT2D eigenvalue weighted by Gasteiger charge is 2.41. The number of alkyl halides is 2. The number of halogens is 2. The molecule has 0 amide bonds. The number of carbonyl (C=O) groups is 1. The van der Waals surface area contributed by atoms with Crippen LogP contribution in [0, 0.1) is 19.3 Å². The minimum Gasteiger partial charge on any atom is -0.481 e. The Balaban J connectivity index is 2.28. The van der Waals surface area contributed by atoms with E-state index in [1.807, 2.05) is 0 Å². The first-order valence-electron chi connectivity index (χ1n) is 9.02. The van der Waals surface area contributed by atoms with Gasteiger partial charge in [-0.05, 0) is 56.5 Å². The molecule has 0 saturated carbocycles. The van der Waals surface area contributed by atoms with E-state index in [0.29, 0.717) is 22.5 Å². The molecule has 3 aromatic heterocycles. The number of carboxylic acid groups (broad SMARTS) is 1. The quantitative estimate of drug-likeness (QED) is 0.653. The Morgan fingerprint density at radius 3 is 2.48 bits per heavy atom. The van der Waals surface area contributed by atoms with Gasteiger partial charge in [0.25, 0.3) is 6.43 Å². The first-order chi connectivity index (χ1) is 13.6. The van der Waals surface area contributed by atoms with E-state index in [-0.39, 0.29) is 12.3 Å². The number of aliphatic hydroxyl groups excluding tert-OH is 1. The Morgan fingerprint density at radius 2 is 1.90 bits per heavy atom. The fourth-order valence-electron chi connectivity index (χ4n) is 3.53. The van der Waals surface area contributed by atoms with Gasteiger partial charge in [0.05, 0.1) is 17.7 Å². The zero-order valence-electron chi connectivity index (χ0n) is 16.5. The fourth-order valence-corrected chi connectivity index (χ4v) is 3.53. The van der Waals surface area contributed by atoms with Gasteiger partial charge < -0.3 is 10.2 Å². The molecule has 0 aliphatic rings. The van der Waals surface area contributed by atoms with Gasteiger partial charge >= 0.3 is 5.97 Å². The number of rotatable bonds is 6. The third-order valence-corrected chi connectivity index (χ3v) is 5.34. The second-order valence-electron chi connectivity index (χ2n) is 7.57. The second-order valence-corrected chi connectivity index (χ2v) is 7.57. The summed E-state index contributed by atoms with van der Waals surface area (Å²) in [5.41, 5.74) is 1.80. The van der Waals surface area contributed by atoms with Crippen LogP contribution in [0.15, 0.2) is 24.4 Å². The van der Waals surface area contributed by atoms with Crippen LogP contribution >= 0.6 is 0 Å². The van der Waals surface area contributed by atoms with Gasteiger partial charge in [-0.25, -0.2) is 8.78 Å². The molecule has 1 unspecified atom stereocenters. The molecule has 154 valence electrons. The van der Waals surface area contributed by atoms with Crippen molar-refractivity contribution >= 4 is 11.6 Å². The van der Waals surface area contributed by atoms with Crippen molar-refractivity contribution in [2.75, 3.05) is 0 Å². The topological polar surface area (TPSA) is 101 Å². The van der Waals surface area contributed by atoms with Gasteiger partial charge in [0.15, 0.2) is 5.65 Å². The van der Waals surface area contributed by atoms with E-state index in [0.717, 1.165) is 5.56 Å². The Morgan fingerprint density at radius 1 is 1.21 bits per heavy atom. The van der Waals surface area contributed by atoms with Crippen molar-refractivity contribution in [2.24, 2.45) is 5.41 Å². The average Bonchev–Trinajstić information content (AvgIpc) is 3.10. The molecule has 9 heteroatoms. The summed E-state index contributed by atoms with van der Waals surface area (Å²) in [5, 5.41) is 26.9. The number of hydrogen-bond donors (Lipinski definition) is 2. The highest BCUT2D eigenvalue weighted by atomic mass is 19.3. The summed E-state index contributed by atoms with van der Waals surface area (Å²) in [5.74, 6) is -2.22. The lowest BCUT2D eigenvalue weighted by Crippen LogP contribution is -2.33. The van der Waals surface area contributed by atoms with E-state index >= 15 is 0 Å². The number of aliphatic hydroxyl groups is 1. The minimum absolute atomic E-state index is 0.235. The van der Waals surface area contributed by atoms with Crippen LogP contribution in [-0.2, 0) is 11.4 Å². The molecule has 0 aliphatic carbocycles. The zero-order chi connectivity index (χ0) is 21.5. The molecule has 3 heterocycles. The maximum absolute atomic E-state index is 13.2. The molecule has 0 spiro atoms. The van der Waals surface area contributed by atoms with Crippen LogP contribution in [0.2, 0.25) is 0 Å². The number of carboxylic acids is 1. The van der Waals surface area contributed by atoms with Gasteiger partial charge in [0.1, 0.15) is 0 Å². The summed E-state index contributed by atoms with van der Waals surface area (Å²) in [7, 11) is 0. The summed E-state index contributed by atoms with van der Waals surface area (Å²) in [6.45, 7) is 6.38. The standard InChI is InChI=1S/C20H22F2N4O3/c1-10-5-6-13(23-14(10)9-27)15(20(3,4)19(28)29)12-7-8-26-17(11(12)2)24-25-18(26)16(21)22/h5-8,15-16,27H,9H2,1-4H3,(H,28,29). The predicted octanol–water partition coefficient (Wildman–Crippen LogP) is 3.41. The van der Waals surface area contributed by atoms with Crippen LogP contribution in [0.1, 0.15) is 60.1 Å². The predicted molar refractivity (Wildman–Crippen MR) is 101 cm³/mol. The molecule has 0 aliphatic heterocycles. The number of pyridine rings is 2. The molecule has 0 saturated heterocycles. The maximum Gasteiger partial charge on any atom is 0.310 e. The molecule has 0 bridgehead atoms. The van der Waals surface area contributed by atoms with Crippen molar-refractivity contribution in [3.63, 3.8) is 0 Å². The summed E-state index contributed by atoms with van der Waals surface area (Å²) in [4.78, 5) is 16.6. The monoisotopic (exact) mass is 404 g/mol. The van der Waals surface area contributed by atoms with Gasteiger partial charge in [-0.15, -0.1) is 10.2 Å². The molecular formula is C20H22F2N4O3. The van der Waals surface area contributed by atoms with Crippen molar-refractivity contribution < 1.29 is 23.8 Å². The molecule has 1 atom stereocenters. The van der Waals surface area contributed by atoms with Crippen LogP contribution in [-0.4, -0.2) is 35.8 Å². The zero-order valence-corrected chi connectivity index (χ0v) is 16.5. The van der Waals surface area contributed by atoms with E-state index < -0.39 is 29.6 Å². The molecule has 2 N–H and O–H groups in total. The summed E-state index contributed by atoms with van der Waals surface area (Å²) in [6.07, 6.45) is -1.36. The highest BCUT2D eigenvalue weighted by molar-refractivity contribution is 5.76. The van der Waals surface area contributed by atoms with E-state index in [1.165, 1.54) is 10.6 Å². The molecule has 0 radical (unpaired) electrons. The van der Waals surface area contributed by atoms with Crippen molar-refractivity contribution in [1.29, 1.82) is 0 Å². The van der Waals surface area contributed by atoms with E-state index in [1.54, 1.807) is 45.9 Å². The van der Waals surface area contributed by atoms with E-state index in [4.69, 9.17) is 0 Å². The first kappa shape index (κ1) is 20.8. The SMILES string of the molecule is Cc1ccc(C(c2ccn3c(C(F)F)nnc3c2C)C(C)(C)C(=O)O)nc1CO. The molecule has 0 fully saturated rings. The fraction of sp³-hybridized carbons (Fsp3) is 0.400. The Labute approximate surface area is 166 Å². The van der Waals surface area contributed by atoms with Crippen molar-refractivity contribution in [1.82, 2.24) is 19.6 Å². The second kappa shape index (κ2) is 7.47. The van der Waals surface area contributed by atoms with Crippen LogP contribution in [0.5, 0.6) is 0 Å². The molecule has 3 aromatic rings. The number of aliphatic carboxylic acids is 1. The molecule has 3 rings (SSSR count). The number of hydrogen-bond acceptors (Lipinski definition) is 5. The van der Waals surface area contributed by atoms with Gasteiger partial charge in [-0.1, -0.05) is 6.07 Å². The lowest BCUT2D eigenvalue weighted by atomic mass is 9.72. The van der Waals surface area contributed by atoms with Gasteiger partial charge in [0, 0.05) is 17.8 Å².